The summed E-state index contributed by atoms with van der Waals surface area (Å²) >= 11 is 0. The molecule has 0 N–H and O–H groups in total. The molecule has 0 spiro atoms. The first-order chi connectivity index (χ1) is 8.81. The Morgan fingerprint density at radius 1 is 1.33 bits per heavy atom. The van der Waals surface area contributed by atoms with Crippen LogP contribution >= 0.6 is 0 Å². The maximum atomic E-state index is 5.78. The second-order valence-electron chi connectivity index (χ2n) is 4.32. The van der Waals surface area contributed by atoms with E-state index in [2.05, 4.69) is 9.98 Å². The Morgan fingerprint density at radius 2 is 2.17 bits per heavy atom. The van der Waals surface area contributed by atoms with E-state index in [9.17, 15) is 0 Å². The van der Waals surface area contributed by atoms with Crippen LogP contribution < -0.4 is 10.2 Å². The van der Waals surface area contributed by atoms with Crippen molar-refractivity contribution in [1.82, 2.24) is 9.55 Å². The molecule has 0 aliphatic carbocycles. The Labute approximate surface area is 106 Å². The van der Waals surface area contributed by atoms with Crippen LogP contribution in [0.3, 0.4) is 0 Å². The Hall–Kier alpha value is -2.10. The van der Waals surface area contributed by atoms with Gasteiger partial charge in [0, 0.05) is 31.6 Å². The molecule has 0 fully saturated rings. The van der Waals surface area contributed by atoms with Crippen LogP contribution in [0.2, 0.25) is 0 Å². The van der Waals surface area contributed by atoms with Crippen LogP contribution in [-0.4, -0.2) is 23.2 Å². The van der Waals surface area contributed by atoms with Crippen LogP contribution in [0.15, 0.2) is 35.6 Å². The normalized spacial score (nSPS) is 14.4. The third kappa shape index (κ3) is 1.61. The molecule has 0 saturated carbocycles. The molecule has 0 atom stereocenters. The van der Waals surface area contributed by atoms with Gasteiger partial charge in [0.05, 0.1) is 18.6 Å². The summed E-state index contributed by atoms with van der Waals surface area (Å²) in [6.45, 7) is 0.665. The first kappa shape index (κ1) is 11.0. The van der Waals surface area contributed by atoms with E-state index >= 15 is 0 Å². The summed E-state index contributed by atoms with van der Waals surface area (Å²) in [6, 6.07) is 8.03. The topological polar surface area (TPSA) is 39.4 Å². The molecule has 0 bridgehead atoms. The van der Waals surface area contributed by atoms with Crippen LogP contribution in [0.5, 0.6) is 5.75 Å². The van der Waals surface area contributed by atoms with Gasteiger partial charge in [0.2, 0.25) is 0 Å². The third-order valence-electron chi connectivity index (χ3n) is 3.21. The molecule has 3 rings (SSSR count). The van der Waals surface area contributed by atoms with Gasteiger partial charge in [0.15, 0.2) is 0 Å². The van der Waals surface area contributed by atoms with Crippen LogP contribution in [0, 0.1) is 0 Å². The van der Waals surface area contributed by atoms with E-state index in [0.29, 0.717) is 6.61 Å². The van der Waals surface area contributed by atoms with Crippen molar-refractivity contribution in [3.8, 4) is 17.0 Å². The number of nitrogens with zero attached hydrogens (tertiary/aromatic N) is 3. The van der Waals surface area contributed by atoms with Gasteiger partial charge in [-0.1, -0.05) is 12.1 Å². The van der Waals surface area contributed by atoms with Crippen molar-refractivity contribution in [1.29, 1.82) is 0 Å². The van der Waals surface area contributed by atoms with Crippen molar-refractivity contribution in [2.45, 2.75) is 6.42 Å². The average molecular weight is 241 g/mol. The highest BCUT2D eigenvalue weighted by molar-refractivity contribution is 5.70. The molecule has 2 heterocycles. The maximum absolute atomic E-state index is 5.78. The minimum absolute atomic E-state index is 0.665. The van der Waals surface area contributed by atoms with Gasteiger partial charge >= 0.3 is 0 Å². The second-order valence-corrected chi connectivity index (χ2v) is 4.32. The van der Waals surface area contributed by atoms with E-state index in [-0.39, 0.29) is 0 Å². The molecule has 18 heavy (non-hydrogen) atoms. The maximum Gasteiger partial charge on any atom is 0.133 e. The van der Waals surface area contributed by atoms with Crippen molar-refractivity contribution in [2.24, 2.45) is 12.0 Å². The van der Waals surface area contributed by atoms with Crippen LogP contribution in [-0.2, 0) is 13.5 Å². The van der Waals surface area contributed by atoms with E-state index in [4.69, 9.17) is 4.74 Å². The first-order valence-electron chi connectivity index (χ1n) is 6.01. The Kier molecular flexibility index (Phi) is 2.63. The quantitative estimate of drug-likeness (QED) is 0.702. The molecule has 0 unspecified atom stereocenters. The number of hydrogen-bond donors (Lipinski definition) is 0. The highest BCUT2D eigenvalue weighted by Gasteiger charge is 2.18. The van der Waals surface area contributed by atoms with Crippen LogP contribution in [0.4, 0.5) is 0 Å². The van der Waals surface area contributed by atoms with E-state index in [1.165, 1.54) is 0 Å². The zero-order valence-corrected chi connectivity index (χ0v) is 10.6. The first-order valence-corrected chi connectivity index (χ1v) is 6.01. The number of aryl methyl sites for hydroxylation is 1. The fourth-order valence-corrected chi connectivity index (χ4v) is 2.40. The molecule has 1 aliphatic rings. The smallest absolute Gasteiger partial charge is 0.133 e. The van der Waals surface area contributed by atoms with Crippen LogP contribution in [0.25, 0.3) is 11.3 Å². The minimum atomic E-state index is 0.665. The Balaban J connectivity index is 2.36. The summed E-state index contributed by atoms with van der Waals surface area (Å²) in [4.78, 5) is 8.92. The fourth-order valence-electron chi connectivity index (χ4n) is 2.40. The summed E-state index contributed by atoms with van der Waals surface area (Å²) in [6.07, 6.45) is 2.64. The van der Waals surface area contributed by atoms with E-state index < -0.39 is 0 Å². The lowest BCUT2D eigenvalue weighted by molar-refractivity contribution is 0.326. The van der Waals surface area contributed by atoms with Gasteiger partial charge in [-0.2, -0.15) is 0 Å². The fraction of sp³-hybridized carbons (Fsp3) is 0.286. The number of rotatable bonds is 0. The van der Waals surface area contributed by atoms with Crippen molar-refractivity contribution >= 4 is 0 Å². The molecule has 4 heteroatoms. The second kappa shape index (κ2) is 4.29. The zero-order valence-electron chi connectivity index (χ0n) is 10.6. The summed E-state index contributed by atoms with van der Waals surface area (Å²) in [5, 5.41) is 0. The number of hydrogen-bond acceptors (Lipinski definition) is 3. The predicted molar refractivity (Wildman–Crippen MR) is 69.3 cm³/mol. The van der Waals surface area contributed by atoms with Gasteiger partial charge in [-0.3, -0.25) is 4.99 Å². The lowest BCUT2D eigenvalue weighted by atomic mass is 10.1. The average Bonchev–Trinajstić information content (AvgIpc) is 2.58. The number of ether oxygens (including phenoxy) is 1. The third-order valence-corrected chi connectivity index (χ3v) is 3.21. The monoisotopic (exact) mass is 241 g/mol. The lowest BCUT2D eigenvalue weighted by Crippen LogP contribution is -2.24. The van der Waals surface area contributed by atoms with E-state index in [1.807, 2.05) is 49.3 Å². The van der Waals surface area contributed by atoms with Gasteiger partial charge < -0.3 is 9.30 Å². The molecule has 0 amide bonds. The summed E-state index contributed by atoms with van der Waals surface area (Å²) < 4.78 is 7.73. The molecule has 92 valence electrons. The van der Waals surface area contributed by atoms with Gasteiger partial charge in [0.25, 0.3) is 0 Å². The number of para-hydroxylation sites is 1. The molecular formula is C14H15N3O. The molecule has 0 radical (unpaired) electrons. The van der Waals surface area contributed by atoms with E-state index in [1.54, 1.807) is 0 Å². The summed E-state index contributed by atoms with van der Waals surface area (Å²) in [7, 11) is 3.78. The molecule has 0 saturated heterocycles. The van der Waals surface area contributed by atoms with Crippen molar-refractivity contribution < 1.29 is 4.74 Å². The van der Waals surface area contributed by atoms with Crippen LogP contribution in [0.1, 0.15) is 5.56 Å². The number of aromatic nitrogens is 2. The van der Waals surface area contributed by atoms with Crippen molar-refractivity contribution in [3.63, 3.8) is 0 Å². The molecule has 1 aliphatic heterocycles. The molecule has 1 aromatic carbocycles. The van der Waals surface area contributed by atoms with Gasteiger partial charge in [-0.05, 0) is 12.1 Å². The summed E-state index contributed by atoms with van der Waals surface area (Å²) in [5.74, 6) is 0.902. The van der Waals surface area contributed by atoms with E-state index in [0.717, 1.165) is 34.5 Å². The molecule has 2 aromatic rings. The standard InChI is InChI=1S/C14H15N3O/c1-15-14-11-7-8-18-12-6-4-3-5-10(12)13(11)16-9-17(14)2/h3-6,9H,7-8H2,1-2H3. The SMILES string of the molecule is CN=c1c2c(ncn1C)-c1ccccc1OCC2. The predicted octanol–water partition coefficient (Wildman–Crippen LogP) is 1.55. The molecule has 4 nitrogen and oxygen atoms in total. The van der Waals surface area contributed by atoms with Gasteiger partial charge in [-0.25, -0.2) is 4.98 Å². The highest BCUT2D eigenvalue weighted by atomic mass is 16.5. The molecular weight excluding hydrogens is 226 g/mol. The van der Waals surface area contributed by atoms with Gasteiger partial charge in [-0.15, -0.1) is 0 Å². The minimum Gasteiger partial charge on any atom is -0.493 e. The van der Waals surface area contributed by atoms with Crippen molar-refractivity contribution in [2.75, 3.05) is 13.7 Å². The number of fused-ring (bicyclic) bond motifs is 3. The zero-order chi connectivity index (χ0) is 12.5. The highest BCUT2D eigenvalue weighted by Crippen LogP contribution is 2.31. The lowest BCUT2D eigenvalue weighted by Gasteiger charge is -2.09. The molecule has 1 aromatic heterocycles. The number of benzene rings is 1. The Morgan fingerprint density at radius 3 is 3.00 bits per heavy atom. The van der Waals surface area contributed by atoms with Gasteiger partial charge in [0.1, 0.15) is 11.2 Å². The Bertz CT molecular complexity index is 658. The summed E-state index contributed by atoms with van der Waals surface area (Å²) in [5.41, 5.74) is 4.17. The van der Waals surface area contributed by atoms with Crippen molar-refractivity contribution in [3.05, 3.63) is 41.6 Å². The largest absolute Gasteiger partial charge is 0.493 e.